The Morgan fingerprint density at radius 2 is 1.96 bits per heavy atom. The quantitative estimate of drug-likeness (QED) is 0.584. The molecule has 1 aliphatic rings. The molecule has 120 valence electrons. The molecule has 2 heterocycles. The zero-order chi connectivity index (χ0) is 16.7. The van der Waals surface area contributed by atoms with Gasteiger partial charge in [-0.3, -0.25) is 14.9 Å². The number of nitro benzene ring substituents is 1. The van der Waals surface area contributed by atoms with Crippen molar-refractivity contribution in [1.29, 1.82) is 0 Å². The number of benzene rings is 2. The Labute approximate surface area is 134 Å². The number of ether oxygens (including phenoxy) is 2. The Kier molecular flexibility index (Phi) is 3.16. The molecule has 0 fully saturated rings. The van der Waals surface area contributed by atoms with Gasteiger partial charge in [-0.2, -0.15) is 0 Å². The number of para-hydroxylation sites is 2. The molecule has 0 bridgehead atoms. The standard InChI is InChI=1S/C16H11N3O5/c20-16-12(17-10-3-1-2-4-11(10)18-16)5-9-6-14-15(24-8-23-14)7-13(9)19(21)22/h1-4,6-7H,5,8H2,(H,18,20). The van der Waals surface area contributed by atoms with Crippen molar-refractivity contribution in [2.75, 3.05) is 6.79 Å². The van der Waals surface area contributed by atoms with Gasteiger partial charge in [0.1, 0.15) is 5.69 Å². The van der Waals surface area contributed by atoms with E-state index in [4.69, 9.17) is 9.47 Å². The van der Waals surface area contributed by atoms with Gasteiger partial charge in [-0.15, -0.1) is 0 Å². The van der Waals surface area contributed by atoms with E-state index in [1.165, 1.54) is 12.1 Å². The van der Waals surface area contributed by atoms with E-state index in [0.29, 0.717) is 28.1 Å². The largest absolute Gasteiger partial charge is 0.454 e. The van der Waals surface area contributed by atoms with Crippen LogP contribution in [-0.2, 0) is 6.42 Å². The molecule has 0 aliphatic carbocycles. The Balaban J connectivity index is 1.82. The summed E-state index contributed by atoms with van der Waals surface area (Å²) in [7, 11) is 0. The second-order valence-electron chi connectivity index (χ2n) is 5.30. The fraction of sp³-hybridized carbons (Fsp3) is 0.125. The number of nitrogens with one attached hydrogen (secondary N) is 1. The Morgan fingerprint density at radius 3 is 2.75 bits per heavy atom. The summed E-state index contributed by atoms with van der Waals surface area (Å²) in [6.45, 7) is 0.0186. The molecule has 0 unspecified atom stereocenters. The van der Waals surface area contributed by atoms with Crippen LogP contribution in [0.5, 0.6) is 11.5 Å². The van der Waals surface area contributed by atoms with Gasteiger partial charge in [0.25, 0.3) is 11.2 Å². The Hall–Kier alpha value is -3.42. The van der Waals surface area contributed by atoms with Crippen LogP contribution in [0.3, 0.4) is 0 Å². The number of nitrogens with zero attached hydrogens (tertiary/aromatic N) is 2. The van der Waals surface area contributed by atoms with E-state index in [-0.39, 0.29) is 30.2 Å². The molecule has 4 rings (SSSR count). The van der Waals surface area contributed by atoms with Crippen molar-refractivity contribution >= 4 is 16.7 Å². The van der Waals surface area contributed by atoms with Crippen molar-refractivity contribution in [2.45, 2.75) is 6.42 Å². The second-order valence-corrected chi connectivity index (χ2v) is 5.30. The highest BCUT2D eigenvalue weighted by molar-refractivity contribution is 5.73. The normalized spacial score (nSPS) is 12.5. The third kappa shape index (κ3) is 2.34. The van der Waals surface area contributed by atoms with Crippen molar-refractivity contribution in [1.82, 2.24) is 9.97 Å². The minimum Gasteiger partial charge on any atom is -0.454 e. The second kappa shape index (κ2) is 5.34. The molecule has 0 atom stereocenters. The molecule has 2 aromatic carbocycles. The Bertz CT molecular complexity index is 1030. The van der Waals surface area contributed by atoms with E-state index in [2.05, 4.69) is 9.97 Å². The lowest BCUT2D eigenvalue weighted by molar-refractivity contribution is -0.385. The predicted molar refractivity (Wildman–Crippen MR) is 84.4 cm³/mol. The first-order valence-electron chi connectivity index (χ1n) is 7.16. The first-order valence-corrected chi connectivity index (χ1v) is 7.16. The van der Waals surface area contributed by atoms with Gasteiger partial charge < -0.3 is 14.5 Å². The zero-order valence-corrected chi connectivity index (χ0v) is 12.3. The van der Waals surface area contributed by atoms with E-state index in [1.807, 2.05) is 0 Å². The van der Waals surface area contributed by atoms with Crippen molar-refractivity contribution in [3.8, 4) is 11.5 Å². The summed E-state index contributed by atoms with van der Waals surface area (Å²) in [5, 5.41) is 11.3. The number of aromatic nitrogens is 2. The molecular formula is C16H11N3O5. The molecule has 0 spiro atoms. The number of H-pyrrole nitrogens is 1. The third-order valence-electron chi connectivity index (χ3n) is 3.80. The molecule has 24 heavy (non-hydrogen) atoms. The van der Waals surface area contributed by atoms with E-state index in [9.17, 15) is 14.9 Å². The fourth-order valence-electron chi connectivity index (χ4n) is 2.65. The van der Waals surface area contributed by atoms with Gasteiger partial charge >= 0.3 is 0 Å². The number of hydrogen-bond acceptors (Lipinski definition) is 6. The van der Waals surface area contributed by atoms with Crippen LogP contribution in [-0.4, -0.2) is 21.7 Å². The predicted octanol–water partition coefficient (Wildman–Crippen LogP) is 2.15. The summed E-state index contributed by atoms with van der Waals surface area (Å²) in [5.41, 5.74) is 1.28. The van der Waals surface area contributed by atoms with Gasteiger partial charge in [0.15, 0.2) is 11.5 Å². The summed E-state index contributed by atoms with van der Waals surface area (Å²) >= 11 is 0. The first-order chi connectivity index (χ1) is 11.6. The smallest absolute Gasteiger partial charge is 0.276 e. The number of nitro groups is 1. The highest BCUT2D eigenvalue weighted by Gasteiger charge is 2.24. The fourth-order valence-corrected chi connectivity index (χ4v) is 2.65. The minimum absolute atomic E-state index is 0.0186. The molecule has 8 nitrogen and oxygen atoms in total. The van der Waals surface area contributed by atoms with E-state index in [1.54, 1.807) is 24.3 Å². The van der Waals surface area contributed by atoms with E-state index >= 15 is 0 Å². The zero-order valence-electron chi connectivity index (χ0n) is 12.3. The number of aromatic amines is 1. The minimum atomic E-state index is -0.507. The maximum Gasteiger partial charge on any atom is 0.276 e. The highest BCUT2D eigenvalue weighted by Crippen LogP contribution is 2.38. The maximum atomic E-state index is 12.2. The van der Waals surface area contributed by atoms with Crippen LogP contribution in [0.4, 0.5) is 5.69 Å². The lowest BCUT2D eigenvalue weighted by atomic mass is 10.1. The van der Waals surface area contributed by atoms with Gasteiger partial charge in [0.05, 0.1) is 22.0 Å². The summed E-state index contributed by atoms with van der Waals surface area (Å²) in [6.07, 6.45) is 0.0210. The molecule has 3 aromatic rings. The van der Waals surface area contributed by atoms with Crippen LogP contribution < -0.4 is 15.0 Å². The van der Waals surface area contributed by atoms with Crippen LogP contribution in [0, 0.1) is 10.1 Å². The van der Waals surface area contributed by atoms with Gasteiger partial charge in [-0.25, -0.2) is 4.98 Å². The van der Waals surface area contributed by atoms with Gasteiger partial charge in [-0.05, 0) is 18.2 Å². The van der Waals surface area contributed by atoms with Crippen LogP contribution in [0.1, 0.15) is 11.3 Å². The van der Waals surface area contributed by atoms with Crippen LogP contribution in [0.15, 0.2) is 41.2 Å². The molecule has 0 amide bonds. The molecule has 0 radical (unpaired) electrons. The molecular weight excluding hydrogens is 314 g/mol. The molecule has 0 saturated heterocycles. The van der Waals surface area contributed by atoms with Crippen LogP contribution >= 0.6 is 0 Å². The van der Waals surface area contributed by atoms with E-state index in [0.717, 1.165) is 0 Å². The summed E-state index contributed by atoms with van der Waals surface area (Å²) in [5.74, 6) is 0.749. The third-order valence-corrected chi connectivity index (χ3v) is 3.80. The number of fused-ring (bicyclic) bond motifs is 2. The lowest BCUT2D eigenvalue weighted by Gasteiger charge is -2.05. The van der Waals surface area contributed by atoms with Crippen molar-refractivity contribution in [3.05, 3.63) is 68.1 Å². The molecule has 1 aliphatic heterocycles. The maximum absolute atomic E-state index is 12.2. The molecule has 1 N–H and O–H groups in total. The summed E-state index contributed by atoms with van der Waals surface area (Å²) in [6, 6.07) is 9.95. The summed E-state index contributed by atoms with van der Waals surface area (Å²) in [4.78, 5) is 30.1. The SMILES string of the molecule is O=c1[nH]c2ccccc2nc1Cc1cc2c(cc1[N+](=O)[O-])OCO2. The van der Waals surface area contributed by atoms with E-state index < -0.39 is 4.92 Å². The average Bonchev–Trinajstić information content (AvgIpc) is 3.02. The number of rotatable bonds is 3. The van der Waals surface area contributed by atoms with Crippen molar-refractivity contribution in [3.63, 3.8) is 0 Å². The van der Waals surface area contributed by atoms with Crippen molar-refractivity contribution < 1.29 is 14.4 Å². The Morgan fingerprint density at radius 1 is 1.21 bits per heavy atom. The number of hydrogen-bond donors (Lipinski definition) is 1. The van der Waals surface area contributed by atoms with Gasteiger partial charge in [-0.1, -0.05) is 12.1 Å². The highest BCUT2D eigenvalue weighted by atomic mass is 16.7. The monoisotopic (exact) mass is 325 g/mol. The van der Waals surface area contributed by atoms with Gasteiger partial charge in [0, 0.05) is 12.0 Å². The topological polar surface area (TPSA) is 107 Å². The first kappa shape index (κ1) is 14.2. The van der Waals surface area contributed by atoms with Crippen LogP contribution in [0.2, 0.25) is 0 Å². The van der Waals surface area contributed by atoms with Gasteiger partial charge in [0.2, 0.25) is 6.79 Å². The van der Waals surface area contributed by atoms with Crippen molar-refractivity contribution in [2.24, 2.45) is 0 Å². The summed E-state index contributed by atoms with van der Waals surface area (Å²) < 4.78 is 10.4. The molecule has 0 saturated carbocycles. The lowest BCUT2D eigenvalue weighted by Crippen LogP contribution is -2.16. The van der Waals surface area contributed by atoms with Crippen LogP contribution in [0.25, 0.3) is 11.0 Å². The molecule has 1 aromatic heterocycles. The molecule has 8 heteroatoms. The average molecular weight is 325 g/mol.